The molecule has 8 heteroatoms. The zero-order valence-corrected chi connectivity index (χ0v) is 16.5. The van der Waals surface area contributed by atoms with Crippen molar-refractivity contribution in [3.8, 4) is 45.6 Å². The summed E-state index contributed by atoms with van der Waals surface area (Å²) >= 11 is 0. The van der Waals surface area contributed by atoms with Crippen LogP contribution < -0.4 is 18.9 Å². The lowest BCUT2D eigenvalue weighted by Crippen LogP contribution is -2.01. The Morgan fingerprint density at radius 1 is 0.759 bits per heavy atom. The van der Waals surface area contributed by atoms with E-state index in [1.165, 1.54) is 0 Å². The molecule has 0 unspecified atom stereocenters. The van der Waals surface area contributed by atoms with Crippen molar-refractivity contribution in [2.75, 3.05) is 28.4 Å². The van der Waals surface area contributed by atoms with Gasteiger partial charge in [-0.25, -0.2) is 4.98 Å². The van der Waals surface area contributed by atoms with Crippen LogP contribution in [0.3, 0.4) is 0 Å². The van der Waals surface area contributed by atoms with Crippen molar-refractivity contribution in [3.05, 3.63) is 48.7 Å². The molecule has 0 radical (unpaired) electrons. The first kappa shape index (κ1) is 18.5. The number of hydrogen-bond acceptors (Lipinski definition) is 7. The molecule has 2 aromatic carbocycles. The van der Waals surface area contributed by atoms with Crippen molar-refractivity contribution in [2.24, 2.45) is 0 Å². The minimum Gasteiger partial charge on any atom is -0.497 e. The highest BCUT2D eigenvalue weighted by molar-refractivity contribution is 5.75. The van der Waals surface area contributed by atoms with E-state index < -0.39 is 0 Å². The molecule has 8 nitrogen and oxygen atoms in total. The van der Waals surface area contributed by atoms with Crippen LogP contribution >= 0.6 is 0 Å². The Labute approximate surface area is 167 Å². The van der Waals surface area contributed by atoms with Gasteiger partial charge in [0.05, 0.1) is 34.1 Å². The van der Waals surface area contributed by atoms with Gasteiger partial charge in [-0.05, 0) is 42.5 Å². The van der Waals surface area contributed by atoms with Crippen LogP contribution in [0.4, 0.5) is 0 Å². The maximum atomic E-state index is 5.63. The van der Waals surface area contributed by atoms with E-state index in [4.69, 9.17) is 18.9 Å². The van der Waals surface area contributed by atoms with Crippen molar-refractivity contribution in [1.82, 2.24) is 19.6 Å². The Morgan fingerprint density at radius 3 is 2.17 bits per heavy atom. The molecule has 0 bridgehead atoms. The van der Waals surface area contributed by atoms with Crippen molar-refractivity contribution in [3.63, 3.8) is 0 Å². The molecule has 0 saturated heterocycles. The molecular weight excluding hydrogens is 372 g/mol. The summed E-state index contributed by atoms with van der Waals surface area (Å²) in [5, 5.41) is 4.66. The van der Waals surface area contributed by atoms with Crippen LogP contribution in [-0.2, 0) is 0 Å². The average molecular weight is 392 g/mol. The summed E-state index contributed by atoms with van der Waals surface area (Å²) in [6.07, 6.45) is 1.69. The third kappa shape index (κ3) is 3.18. The fourth-order valence-corrected chi connectivity index (χ4v) is 3.16. The van der Waals surface area contributed by atoms with Crippen LogP contribution in [0.25, 0.3) is 28.4 Å². The summed E-state index contributed by atoms with van der Waals surface area (Å²) in [6, 6.07) is 13.1. The zero-order chi connectivity index (χ0) is 20.4. The summed E-state index contributed by atoms with van der Waals surface area (Å²) in [7, 11) is 6.37. The normalized spacial score (nSPS) is 10.8. The van der Waals surface area contributed by atoms with Gasteiger partial charge in [0.2, 0.25) is 5.75 Å². The molecule has 0 amide bonds. The molecule has 0 aliphatic rings. The second-order valence-electron chi connectivity index (χ2n) is 6.09. The average Bonchev–Trinajstić information content (AvgIpc) is 3.22. The second-order valence-corrected chi connectivity index (χ2v) is 6.09. The quantitative estimate of drug-likeness (QED) is 0.497. The van der Waals surface area contributed by atoms with Crippen LogP contribution in [0.2, 0.25) is 0 Å². The van der Waals surface area contributed by atoms with Crippen LogP contribution in [-0.4, -0.2) is 48.0 Å². The molecular formula is C21H20N4O4. The summed E-state index contributed by atoms with van der Waals surface area (Å²) in [6.45, 7) is 0. The first-order chi connectivity index (χ1) is 14.2. The van der Waals surface area contributed by atoms with Crippen LogP contribution in [0, 0.1) is 0 Å². The van der Waals surface area contributed by atoms with Gasteiger partial charge in [0.25, 0.3) is 5.78 Å². The number of hydrogen-bond donors (Lipinski definition) is 0. The van der Waals surface area contributed by atoms with Crippen molar-refractivity contribution < 1.29 is 18.9 Å². The third-order valence-corrected chi connectivity index (χ3v) is 4.57. The Balaban J connectivity index is 1.88. The lowest BCUT2D eigenvalue weighted by molar-refractivity contribution is 0.325. The molecule has 148 valence electrons. The number of fused-ring (bicyclic) bond motifs is 1. The highest BCUT2D eigenvalue weighted by atomic mass is 16.5. The zero-order valence-electron chi connectivity index (χ0n) is 16.5. The minimum absolute atomic E-state index is 0.477. The van der Waals surface area contributed by atoms with Crippen LogP contribution in [0.5, 0.6) is 23.0 Å². The monoisotopic (exact) mass is 392 g/mol. The molecule has 0 aliphatic heterocycles. The summed E-state index contributed by atoms with van der Waals surface area (Å²) < 4.78 is 23.4. The van der Waals surface area contributed by atoms with Gasteiger partial charge in [-0.3, -0.25) is 0 Å². The Kier molecular flexibility index (Phi) is 4.90. The predicted molar refractivity (Wildman–Crippen MR) is 108 cm³/mol. The van der Waals surface area contributed by atoms with Crippen LogP contribution in [0.1, 0.15) is 0 Å². The van der Waals surface area contributed by atoms with Gasteiger partial charge >= 0.3 is 0 Å². The van der Waals surface area contributed by atoms with E-state index in [2.05, 4.69) is 15.1 Å². The molecule has 0 aliphatic carbocycles. The summed E-state index contributed by atoms with van der Waals surface area (Å²) in [4.78, 5) is 8.91. The SMILES string of the molecule is COc1ccc(-c2nc3nccc(-c4ccc(OC)c(OC)c4OC)n3n2)cc1. The standard InChI is InChI=1S/C21H20N4O4/c1-26-14-7-5-13(6-8-14)20-23-21-22-12-11-16(25(21)24-20)15-9-10-17(27-2)19(29-4)18(15)28-3/h5-12H,1-4H3. The van der Waals surface area contributed by atoms with Gasteiger partial charge in [0.1, 0.15) is 5.75 Å². The predicted octanol–water partition coefficient (Wildman–Crippen LogP) is 3.49. The molecule has 29 heavy (non-hydrogen) atoms. The van der Waals surface area contributed by atoms with E-state index in [1.807, 2.05) is 42.5 Å². The van der Waals surface area contributed by atoms with E-state index in [1.54, 1.807) is 39.2 Å². The first-order valence-electron chi connectivity index (χ1n) is 8.85. The molecule has 0 atom stereocenters. The van der Waals surface area contributed by atoms with Gasteiger partial charge < -0.3 is 18.9 Å². The van der Waals surface area contributed by atoms with Crippen molar-refractivity contribution in [2.45, 2.75) is 0 Å². The van der Waals surface area contributed by atoms with Gasteiger partial charge in [0, 0.05) is 17.3 Å². The number of ether oxygens (including phenoxy) is 4. The van der Waals surface area contributed by atoms with Crippen LogP contribution in [0.15, 0.2) is 48.7 Å². The molecule has 0 spiro atoms. The summed E-state index contributed by atoms with van der Waals surface area (Å²) in [5.41, 5.74) is 2.41. The fourth-order valence-electron chi connectivity index (χ4n) is 3.16. The maximum absolute atomic E-state index is 5.63. The van der Waals surface area contributed by atoms with E-state index in [0.717, 1.165) is 22.6 Å². The van der Waals surface area contributed by atoms with E-state index >= 15 is 0 Å². The lowest BCUT2D eigenvalue weighted by Gasteiger charge is -2.16. The van der Waals surface area contributed by atoms with Gasteiger partial charge in [-0.1, -0.05) is 0 Å². The van der Waals surface area contributed by atoms with Gasteiger partial charge in [-0.15, -0.1) is 5.10 Å². The minimum atomic E-state index is 0.477. The maximum Gasteiger partial charge on any atom is 0.253 e. The Morgan fingerprint density at radius 2 is 1.52 bits per heavy atom. The number of methoxy groups -OCH3 is 4. The lowest BCUT2D eigenvalue weighted by atomic mass is 10.1. The first-order valence-corrected chi connectivity index (χ1v) is 8.85. The largest absolute Gasteiger partial charge is 0.497 e. The molecule has 2 heterocycles. The topological polar surface area (TPSA) is 80.0 Å². The Bertz CT molecular complexity index is 1160. The summed E-state index contributed by atoms with van der Waals surface area (Å²) in [5.74, 6) is 3.44. The molecule has 2 aromatic heterocycles. The Hall–Kier alpha value is -3.81. The smallest absolute Gasteiger partial charge is 0.253 e. The highest BCUT2D eigenvalue weighted by Gasteiger charge is 2.20. The number of benzene rings is 2. The highest BCUT2D eigenvalue weighted by Crippen LogP contribution is 2.44. The number of rotatable bonds is 6. The molecule has 4 rings (SSSR count). The number of nitrogens with zero attached hydrogens (tertiary/aromatic N) is 4. The van der Waals surface area contributed by atoms with Gasteiger partial charge in [0.15, 0.2) is 17.3 Å². The van der Waals surface area contributed by atoms with E-state index in [9.17, 15) is 0 Å². The molecule has 0 N–H and O–H groups in total. The molecule has 0 fully saturated rings. The number of aromatic nitrogens is 4. The fraction of sp³-hybridized carbons (Fsp3) is 0.190. The third-order valence-electron chi connectivity index (χ3n) is 4.57. The second kappa shape index (κ2) is 7.67. The van der Waals surface area contributed by atoms with Crippen molar-refractivity contribution in [1.29, 1.82) is 0 Å². The van der Waals surface area contributed by atoms with E-state index in [0.29, 0.717) is 28.9 Å². The van der Waals surface area contributed by atoms with Gasteiger partial charge in [-0.2, -0.15) is 9.50 Å². The van der Waals surface area contributed by atoms with E-state index in [-0.39, 0.29) is 0 Å². The van der Waals surface area contributed by atoms with Crippen molar-refractivity contribution >= 4 is 5.78 Å². The molecule has 0 saturated carbocycles. The molecule has 4 aromatic rings.